The zero-order chi connectivity index (χ0) is 24.4. The van der Waals surface area contributed by atoms with E-state index in [1.54, 1.807) is 13.2 Å². The molecule has 2 aromatic carbocycles. The first-order valence-electron chi connectivity index (χ1n) is 11.8. The minimum Gasteiger partial charge on any atom is -0.493 e. The number of fused-ring (bicyclic) bond motifs is 1. The van der Waals surface area contributed by atoms with Crippen LogP contribution >= 0.6 is 0 Å². The quantitative estimate of drug-likeness (QED) is 0.403. The Balaban J connectivity index is 1.49. The monoisotopic (exact) mass is 473 g/mol. The third kappa shape index (κ3) is 4.93. The summed E-state index contributed by atoms with van der Waals surface area (Å²) in [7, 11) is 1.63. The van der Waals surface area contributed by atoms with Gasteiger partial charge in [0.15, 0.2) is 11.5 Å². The standard InChI is InChI=1S/C27H29N4O4/c1-27(2,3)25-15-21(31-35-25)18-7-5-6-8-22(18)34-26-19-13-23(32-4)24(14-20(19)29-16-30-26)33-17-9-11-28-12-10-17/h5,7-8,13-17,28H,9-12H2,1-4H3. The highest BCUT2D eigenvalue weighted by Crippen LogP contribution is 2.39. The van der Waals surface area contributed by atoms with E-state index in [9.17, 15) is 0 Å². The first-order valence-corrected chi connectivity index (χ1v) is 11.8. The average Bonchev–Trinajstić information content (AvgIpc) is 3.36. The van der Waals surface area contributed by atoms with E-state index in [4.69, 9.17) is 18.7 Å². The van der Waals surface area contributed by atoms with Crippen molar-refractivity contribution in [1.82, 2.24) is 20.4 Å². The number of nitrogens with zero attached hydrogens (tertiary/aromatic N) is 3. The number of hydrogen-bond acceptors (Lipinski definition) is 8. The van der Waals surface area contributed by atoms with Gasteiger partial charge in [-0.3, -0.25) is 0 Å². The summed E-state index contributed by atoms with van der Waals surface area (Å²) in [6.45, 7) is 8.13. The second-order valence-electron chi connectivity index (χ2n) is 9.62. The van der Waals surface area contributed by atoms with Crippen LogP contribution in [0.5, 0.6) is 23.1 Å². The number of nitrogens with one attached hydrogen (secondary N) is 1. The van der Waals surface area contributed by atoms with Crippen molar-refractivity contribution in [3.8, 4) is 34.4 Å². The molecule has 1 N–H and O–H groups in total. The first kappa shape index (κ1) is 23.1. The molecular weight excluding hydrogens is 444 g/mol. The zero-order valence-electron chi connectivity index (χ0n) is 20.4. The molecule has 0 aliphatic carbocycles. The highest BCUT2D eigenvalue weighted by molar-refractivity contribution is 5.87. The Kier molecular flexibility index (Phi) is 6.30. The molecule has 8 heteroatoms. The summed E-state index contributed by atoms with van der Waals surface area (Å²) in [5.74, 6) is 3.05. The van der Waals surface area contributed by atoms with Crippen LogP contribution in [0.15, 0.2) is 47.2 Å². The van der Waals surface area contributed by atoms with E-state index in [0.29, 0.717) is 39.7 Å². The zero-order valence-corrected chi connectivity index (χ0v) is 20.4. The summed E-state index contributed by atoms with van der Waals surface area (Å²) in [5, 5.41) is 8.34. The van der Waals surface area contributed by atoms with Crippen molar-refractivity contribution in [3.63, 3.8) is 0 Å². The second-order valence-corrected chi connectivity index (χ2v) is 9.62. The number of benzene rings is 2. The second kappa shape index (κ2) is 9.54. The third-order valence-corrected chi connectivity index (χ3v) is 6.02. The van der Waals surface area contributed by atoms with Crippen molar-refractivity contribution >= 4 is 10.9 Å². The number of piperidine rings is 1. The predicted octanol–water partition coefficient (Wildman–Crippen LogP) is 5.31. The van der Waals surface area contributed by atoms with Gasteiger partial charge in [0.05, 0.1) is 18.0 Å². The molecule has 5 rings (SSSR count). The molecule has 181 valence electrons. The molecule has 35 heavy (non-hydrogen) atoms. The maximum absolute atomic E-state index is 6.29. The average molecular weight is 474 g/mol. The number of rotatable bonds is 6. The minimum absolute atomic E-state index is 0.142. The molecule has 1 aliphatic rings. The van der Waals surface area contributed by atoms with Crippen molar-refractivity contribution in [2.24, 2.45) is 0 Å². The molecule has 0 spiro atoms. The molecule has 1 radical (unpaired) electrons. The number of aromatic nitrogens is 3. The molecule has 0 bridgehead atoms. The molecular formula is C27H29N4O4. The molecule has 4 aromatic rings. The van der Waals surface area contributed by atoms with Crippen molar-refractivity contribution in [1.29, 1.82) is 0 Å². The van der Waals surface area contributed by atoms with E-state index in [2.05, 4.69) is 47.3 Å². The lowest BCUT2D eigenvalue weighted by Gasteiger charge is -2.24. The van der Waals surface area contributed by atoms with E-state index in [1.807, 2.05) is 30.3 Å². The Morgan fingerprint density at radius 3 is 2.63 bits per heavy atom. The first-order chi connectivity index (χ1) is 16.9. The highest BCUT2D eigenvalue weighted by atomic mass is 16.5. The minimum atomic E-state index is -0.152. The third-order valence-electron chi connectivity index (χ3n) is 6.02. The van der Waals surface area contributed by atoms with Gasteiger partial charge < -0.3 is 24.1 Å². The van der Waals surface area contributed by atoms with Crippen LogP contribution in [0.3, 0.4) is 0 Å². The summed E-state index contributed by atoms with van der Waals surface area (Å²) in [4.78, 5) is 8.86. The number of ether oxygens (including phenoxy) is 3. The summed E-state index contributed by atoms with van der Waals surface area (Å²) in [5.41, 5.74) is 2.03. The fourth-order valence-electron chi connectivity index (χ4n) is 4.04. The Labute approximate surface area is 204 Å². The van der Waals surface area contributed by atoms with Gasteiger partial charge in [0.2, 0.25) is 5.88 Å². The van der Waals surface area contributed by atoms with E-state index in [1.165, 1.54) is 6.33 Å². The molecule has 3 heterocycles. The van der Waals surface area contributed by atoms with Crippen LogP contribution in [0, 0.1) is 6.07 Å². The molecule has 1 saturated heterocycles. The van der Waals surface area contributed by atoms with Crippen LogP contribution in [-0.2, 0) is 5.41 Å². The van der Waals surface area contributed by atoms with Crippen molar-refractivity contribution in [3.05, 3.63) is 54.6 Å². The van der Waals surface area contributed by atoms with Gasteiger partial charge in [0.25, 0.3) is 0 Å². The van der Waals surface area contributed by atoms with Crippen molar-refractivity contribution in [2.45, 2.75) is 45.1 Å². The van der Waals surface area contributed by atoms with E-state index >= 15 is 0 Å². The molecule has 1 aliphatic heterocycles. The van der Waals surface area contributed by atoms with Crippen LogP contribution < -0.4 is 19.5 Å². The fraction of sp³-hybridized carbons (Fsp3) is 0.370. The van der Waals surface area contributed by atoms with Crippen LogP contribution in [0.1, 0.15) is 39.4 Å². The van der Waals surface area contributed by atoms with E-state index in [-0.39, 0.29) is 11.5 Å². The molecule has 0 unspecified atom stereocenters. The lowest BCUT2D eigenvalue weighted by molar-refractivity contribution is 0.157. The van der Waals surface area contributed by atoms with Crippen LogP contribution in [-0.4, -0.2) is 41.4 Å². The lowest BCUT2D eigenvalue weighted by Crippen LogP contribution is -2.34. The SMILES string of the molecule is COc1cc2c(Oc3c[c]ccc3-c3cc(C(C)(C)C)on3)ncnc2cc1OC1CCNCC1. The number of hydrogen-bond donors (Lipinski definition) is 1. The van der Waals surface area contributed by atoms with Gasteiger partial charge in [-0.15, -0.1) is 0 Å². The Morgan fingerprint density at radius 2 is 1.89 bits per heavy atom. The van der Waals surface area contributed by atoms with Gasteiger partial charge in [-0.1, -0.05) is 32.0 Å². The lowest BCUT2D eigenvalue weighted by atomic mass is 9.93. The summed E-state index contributed by atoms with van der Waals surface area (Å²) in [6, 6.07) is 14.2. The van der Waals surface area contributed by atoms with Gasteiger partial charge in [-0.25, -0.2) is 9.97 Å². The van der Waals surface area contributed by atoms with Crippen LogP contribution in [0.2, 0.25) is 0 Å². The van der Waals surface area contributed by atoms with Gasteiger partial charge in [0.1, 0.15) is 29.6 Å². The maximum atomic E-state index is 6.29. The maximum Gasteiger partial charge on any atom is 0.230 e. The van der Waals surface area contributed by atoms with Gasteiger partial charge in [-0.05, 0) is 50.2 Å². The largest absolute Gasteiger partial charge is 0.493 e. The summed E-state index contributed by atoms with van der Waals surface area (Å²) in [6.07, 6.45) is 3.53. The molecule has 0 amide bonds. The van der Waals surface area contributed by atoms with Crippen LogP contribution in [0.4, 0.5) is 0 Å². The van der Waals surface area contributed by atoms with Crippen molar-refractivity contribution < 1.29 is 18.7 Å². The Morgan fingerprint density at radius 1 is 1.06 bits per heavy atom. The van der Waals surface area contributed by atoms with Gasteiger partial charge in [0, 0.05) is 23.1 Å². The molecule has 0 atom stereocenters. The molecule has 8 nitrogen and oxygen atoms in total. The van der Waals surface area contributed by atoms with Gasteiger partial charge in [-0.2, -0.15) is 0 Å². The van der Waals surface area contributed by atoms with Crippen molar-refractivity contribution in [2.75, 3.05) is 20.2 Å². The van der Waals surface area contributed by atoms with E-state index in [0.717, 1.165) is 37.3 Å². The Hall–Kier alpha value is -3.65. The highest BCUT2D eigenvalue weighted by Gasteiger charge is 2.22. The topological polar surface area (TPSA) is 91.5 Å². The Bertz CT molecular complexity index is 1320. The molecule has 0 saturated carbocycles. The molecule has 2 aromatic heterocycles. The summed E-state index contributed by atoms with van der Waals surface area (Å²) >= 11 is 0. The smallest absolute Gasteiger partial charge is 0.230 e. The summed E-state index contributed by atoms with van der Waals surface area (Å²) < 4.78 is 23.8. The van der Waals surface area contributed by atoms with E-state index < -0.39 is 0 Å². The fourth-order valence-corrected chi connectivity index (χ4v) is 4.04. The van der Waals surface area contributed by atoms with Gasteiger partial charge >= 0.3 is 0 Å². The molecule has 1 fully saturated rings. The number of methoxy groups -OCH3 is 1. The predicted molar refractivity (Wildman–Crippen MR) is 132 cm³/mol. The normalized spacial score (nSPS) is 14.7. The van der Waals surface area contributed by atoms with Crippen LogP contribution in [0.25, 0.3) is 22.2 Å².